The molecule has 0 aliphatic heterocycles. The molecule has 0 saturated carbocycles. The van der Waals surface area contributed by atoms with E-state index >= 15 is 0 Å². The Labute approximate surface area is 108 Å². The number of nitrogens with one attached hydrogen (secondary N) is 1. The zero-order valence-corrected chi connectivity index (χ0v) is 11.9. The van der Waals surface area contributed by atoms with Crippen LogP contribution in [-0.4, -0.2) is 0 Å². The smallest absolute Gasteiger partial charge is 0.0460 e. The fourth-order valence-corrected chi connectivity index (χ4v) is 2.86. The minimum atomic E-state index is 0.235. The number of nitrogens with two attached hydrogens (primary N) is 1. The molecular weight excluding hydrogens is 320 g/mol. The Balaban J connectivity index is 2.81. The molecule has 1 atom stereocenters. The van der Waals surface area contributed by atoms with Crippen LogP contribution in [0.2, 0.25) is 0 Å². The molecule has 1 aromatic rings. The van der Waals surface area contributed by atoms with Gasteiger partial charge in [-0.15, -0.1) is 0 Å². The van der Waals surface area contributed by atoms with Crippen LogP contribution >= 0.6 is 31.9 Å². The van der Waals surface area contributed by atoms with Gasteiger partial charge in [-0.05, 0) is 30.2 Å². The fraction of sp³-hybridized carbons (Fsp3) is 0.455. The van der Waals surface area contributed by atoms with Crippen molar-refractivity contribution in [1.29, 1.82) is 0 Å². The van der Waals surface area contributed by atoms with Gasteiger partial charge < -0.3 is 0 Å². The van der Waals surface area contributed by atoms with Crippen molar-refractivity contribution in [1.82, 2.24) is 5.43 Å². The second kappa shape index (κ2) is 6.63. The molecule has 84 valence electrons. The van der Waals surface area contributed by atoms with Crippen molar-refractivity contribution in [3.05, 3.63) is 32.7 Å². The van der Waals surface area contributed by atoms with E-state index in [4.69, 9.17) is 5.84 Å². The van der Waals surface area contributed by atoms with Crippen LogP contribution in [0.25, 0.3) is 0 Å². The van der Waals surface area contributed by atoms with Crippen molar-refractivity contribution in [2.75, 3.05) is 0 Å². The van der Waals surface area contributed by atoms with E-state index in [1.807, 2.05) is 6.07 Å². The first kappa shape index (κ1) is 13.2. The highest BCUT2D eigenvalue weighted by Crippen LogP contribution is 2.26. The lowest BCUT2D eigenvalue weighted by Gasteiger charge is -2.16. The quantitative estimate of drug-likeness (QED) is 0.632. The summed E-state index contributed by atoms with van der Waals surface area (Å²) in [6.07, 6.45) is 3.43. The molecule has 15 heavy (non-hydrogen) atoms. The zero-order valence-electron chi connectivity index (χ0n) is 8.76. The van der Waals surface area contributed by atoms with Crippen LogP contribution in [0.1, 0.15) is 37.8 Å². The number of benzene rings is 1. The van der Waals surface area contributed by atoms with Gasteiger partial charge in [-0.2, -0.15) is 0 Å². The van der Waals surface area contributed by atoms with Crippen molar-refractivity contribution in [3.63, 3.8) is 0 Å². The standard InChI is InChI=1S/C11H16Br2N2/c1-2-3-4-11(15-14)8-5-9(12)7-10(13)6-8/h5-7,11,15H,2-4,14H2,1H3. The maximum atomic E-state index is 5.57. The minimum Gasteiger partial charge on any atom is -0.271 e. The Morgan fingerprint density at radius 3 is 2.33 bits per heavy atom. The number of halogens is 2. The van der Waals surface area contributed by atoms with E-state index in [2.05, 4.69) is 56.3 Å². The summed E-state index contributed by atoms with van der Waals surface area (Å²) in [7, 11) is 0. The molecule has 0 aliphatic carbocycles. The lowest BCUT2D eigenvalue weighted by atomic mass is 10.0. The summed E-state index contributed by atoms with van der Waals surface area (Å²) in [6.45, 7) is 2.18. The molecule has 0 heterocycles. The summed E-state index contributed by atoms with van der Waals surface area (Å²) in [5, 5.41) is 0. The normalized spacial score (nSPS) is 12.8. The van der Waals surface area contributed by atoms with Gasteiger partial charge in [-0.1, -0.05) is 51.6 Å². The first-order valence-electron chi connectivity index (χ1n) is 5.09. The summed E-state index contributed by atoms with van der Waals surface area (Å²) in [4.78, 5) is 0. The molecule has 0 saturated heterocycles. The molecule has 0 aromatic heterocycles. The minimum absolute atomic E-state index is 0.235. The van der Waals surface area contributed by atoms with Gasteiger partial charge in [0, 0.05) is 15.0 Å². The van der Waals surface area contributed by atoms with Crippen molar-refractivity contribution >= 4 is 31.9 Å². The molecule has 0 amide bonds. The van der Waals surface area contributed by atoms with Crippen molar-refractivity contribution in [2.24, 2.45) is 5.84 Å². The molecule has 2 nitrogen and oxygen atoms in total. The summed E-state index contributed by atoms with van der Waals surface area (Å²) >= 11 is 6.96. The second-order valence-corrected chi connectivity index (χ2v) is 5.40. The predicted molar refractivity (Wildman–Crippen MR) is 71.4 cm³/mol. The van der Waals surface area contributed by atoms with E-state index in [1.165, 1.54) is 18.4 Å². The third kappa shape index (κ3) is 4.23. The van der Waals surface area contributed by atoms with Crippen LogP contribution in [-0.2, 0) is 0 Å². The molecule has 4 heteroatoms. The Bertz CT molecular complexity index is 295. The van der Waals surface area contributed by atoms with Gasteiger partial charge in [0.1, 0.15) is 0 Å². The van der Waals surface area contributed by atoms with E-state index in [0.29, 0.717) is 0 Å². The second-order valence-electron chi connectivity index (χ2n) is 3.56. The number of unbranched alkanes of at least 4 members (excludes halogenated alkanes) is 1. The third-order valence-electron chi connectivity index (χ3n) is 2.33. The largest absolute Gasteiger partial charge is 0.271 e. The predicted octanol–water partition coefficient (Wildman–Crippen LogP) is 3.91. The molecule has 0 spiro atoms. The number of rotatable bonds is 5. The van der Waals surface area contributed by atoms with E-state index in [9.17, 15) is 0 Å². The first-order valence-corrected chi connectivity index (χ1v) is 6.68. The highest BCUT2D eigenvalue weighted by atomic mass is 79.9. The average molecular weight is 336 g/mol. The van der Waals surface area contributed by atoms with E-state index < -0.39 is 0 Å². The van der Waals surface area contributed by atoms with Crippen LogP contribution in [0.3, 0.4) is 0 Å². The van der Waals surface area contributed by atoms with Crippen molar-refractivity contribution < 1.29 is 0 Å². The van der Waals surface area contributed by atoms with Crippen LogP contribution in [0.4, 0.5) is 0 Å². The SMILES string of the molecule is CCCCC(NN)c1cc(Br)cc(Br)c1. The third-order valence-corrected chi connectivity index (χ3v) is 3.25. The molecule has 1 unspecified atom stereocenters. The van der Waals surface area contributed by atoms with Crippen LogP contribution in [0.15, 0.2) is 27.1 Å². The van der Waals surface area contributed by atoms with Crippen molar-refractivity contribution in [3.8, 4) is 0 Å². The molecule has 0 fully saturated rings. The Morgan fingerprint density at radius 1 is 1.27 bits per heavy atom. The maximum Gasteiger partial charge on any atom is 0.0460 e. The molecule has 0 bridgehead atoms. The lowest BCUT2D eigenvalue weighted by Crippen LogP contribution is -2.27. The number of hydrogen-bond acceptors (Lipinski definition) is 2. The molecule has 3 N–H and O–H groups in total. The summed E-state index contributed by atoms with van der Waals surface area (Å²) in [6, 6.07) is 6.46. The highest BCUT2D eigenvalue weighted by molar-refractivity contribution is 9.11. The van der Waals surface area contributed by atoms with Crippen LogP contribution in [0, 0.1) is 0 Å². The Morgan fingerprint density at radius 2 is 1.87 bits per heavy atom. The summed E-state index contributed by atoms with van der Waals surface area (Å²) < 4.78 is 2.15. The molecule has 0 radical (unpaired) electrons. The topological polar surface area (TPSA) is 38.0 Å². The average Bonchev–Trinajstić information content (AvgIpc) is 2.17. The monoisotopic (exact) mass is 334 g/mol. The summed E-state index contributed by atoms with van der Waals surface area (Å²) in [5.74, 6) is 5.57. The van der Waals surface area contributed by atoms with Crippen LogP contribution in [0.5, 0.6) is 0 Å². The maximum absolute atomic E-state index is 5.57. The van der Waals surface area contributed by atoms with Gasteiger partial charge in [-0.25, -0.2) is 0 Å². The first-order chi connectivity index (χ1) is 7.17. The van der Waals surface area contributed by atoms with Crippen molar-refractivity contribution in [2.45, 2.75) is 32.2 Å². The van der Waals surface area contributed by atoms with E-state index in [0.717, 1.165) is 15.4 Å². The molecular formula is C11H16Br2N2. The van der Waals surface area contributed by atoms with Gasteiger partial charge in [0.25, 0.3) is 0 Å². The van der Waals surface area contributed by atoms with Gasteiger partial charge in [-0.3, -0.25) is 11.3 Å². The zero-order chi connectivity index (χ0) is 11.3. The van der Waals surface area contributed by atoms with E-state index in [1.54, 1.807) is 0 Å². The molecule has 1 rings (SSSR count). The van der Waals surface area contributed by atoms with Gasteiger partial charge in [0.05, 0.1) is 0 Å². The lowest BCUT2D eigenvalue weighted by molar-refractivity contribution is 0.495. The highest BCUT2D eigenvalue weighted by Gasteiger charge is 2.10. The molecule has 0 aliphatic rings. The van der Waals surface area contributed by atoms with Gasteiger partial charge in [0.2, 0.25) is 0 Å². The Kier molecular flexibility index (Phi) is 5.82. The Hall–Kier alpha value is 0.1000. The molecule has 1 aromatic carbocycles. The van der Waals surface area contributed by atoms with Gasteiger partial charge in [0.15, 0.2) is 0 Å². The van der Waals surface area contributed by atoms with Gasteiger partial charge >= 0.3 is 0 Å². The van der Waals surface area contributed by atoms with E-state index in [-0.39, 0.29) is 6.04 Å². The summed E-state index contributed by atoms with van der Waals surface area (Å²) in [5.41, 5.74) is 4.08. The fourth-order valence-electron chi connectivity index (χ4n) is 1.53. The van der Waals surface area contributed by atoms with Crippen LogP contribution < -0.4 is 11.3 Å². The number of hydrazine groups is 1. The number of hydrogen-bond donors (Lipinski definition) is 2.